The summed E-state index contributed by atoms with van der Waals surface area (Å²) in [6.45, 7) is 4.79. The van der Waals surface area contributed by atoms with E-state index in [4.69, 9.17) is 25.4 Å². The first-order valence-electron chi connectivity index (χ1n) is 35.6. The lowest BCUT2D eigenvalue weighted by Crippen LogP contribution is -2.28. The second-order valence-corrected chi connectivity index (χ2v) is 25.8. The fourth-order valence-corrected chi connectivity index (χ4v) is 10.6. The predicted octanol–water partition coefficient (Wildman–Crippen LogP) is 7.75. The third kappa shape index (κ3) is 27.6. The number of nitro groups is 3. The largest absolute Gasteiger partial charge is 0.465 e. The number of carbonyl (C=O) groups is 11. The van der Waals surface area contributed by atoms with Crippen LogP contribution in [0.4, 0.5) is 59.6 Å². The molecule has 5 N–H and O–H groups in total. The number of hydrogen-bond donors (Lipinski definition) is 4. The van der Waals surface area contributed by atoms with Crippen LogP contribution >= 0.6 is 0 Å². The summed E-state index contributed by atoms with van der Waals surface area (Å²) < 4.78 is 115. The molecule has 6 aromatic carbocycles. The van der Waals surface area contributed by atoms with E-state index in [1.165, 1.54) is 92.4 Å². The van der Waals surface area contributed by atoms with Crippen LogP contribution in [0, 0.1) is 65.2 Å². The number of benzene rings is 6. The lowest BCUT2D eigenvalue weighted by molar-refractivity contribution is -0.386. The van der Waals surface area contributed by atoms with Crippen molar-refractivity contribution >= 4 is 106 Å². The van der Waals surface area contributed by atoms with Gasteiger partial charge in [-0.15, -0.1) is 0 Å². The second kappa shape index (κ2) is 47.0. The summed E-state index contributed by atoms with van der Waals surface area (Å²) in [6.07, 6.45) is 7.50. The van der Waals surface area contributed by atoms with Gasteiger partial charge in [-0.3, -0.25) is 73.7 Å². The van der Waals surface area contributed by atoms with E-state index in [1.54, 1.807) is 49.0 Å². The van der Waals surface area contributed by atoms with Crippen LogP contribution in [-0.2, 0) is 89.5 Å². The molecule has 0 fully saturated rings. The molecule has 0 saturated carbocycles. The minimum atomic E-state index is -1.05. The molecule has 0 spiro atoms. The summed E-state index contributed by atoms with van der Waals surface area (Å²) in [5, 5.41) is 68.0. The molecule has 0 unspecified atom stereocenters. The number of aldehydes is 2. The number of amides is 1. The van der Waals surface area contributed by atoms with Gasteiger partial charge in [0, 0.05) is 66.8 Å². The Kier molecular flexibility index (Phi) is 37.4. The molecular formula is C77H74F6N20O25. The molecule has 13 rings (SSSR count). The smallest absolute Gasteiger partial charge is 0.412 e. The standard InChI is InChI=1S/C18H21FN4O5.C13H11FN4O5.C13H13FN4O3.C12H7FN4O4.C8H4FNO4.C7H5FO.C4H5N3O.2CH4O/c1-18(2,3)28-17(26)22-12-7-10(19)6-11(16(25)27-5)15(12)13(24)8-14-20-9-21-23(14)4;1-17-11(15-6-16-17)5-10(19)12-8(13(20)23-2)3-7(14)4-9(12)18(21)22;1-18-11(16-6-17-18)5-10(19)12-8(13(20)21-2)3-7(14)4-9(12)15;1-16-10(14-5-15-16)4-9-11-7(12(18)21-9)2-6(13)3-8(11)17(19)20;9-4-1-5-6(3-14-8(5)11)7(2-4)10(12)13;8-7-3-1-6(5-9)2-4-7;1-7-4(2-8)5-3-6-7;2*1-2/h6-7,9H,8H2,1-5H3,(H,22,26);3-4,6H,5H2,1-2H3;3-4,6H,5,15H2,1-2H3;2-5H,1H3;1-2H,3H2;1-5H;2-3H,1H3;2*2H,1H3/b;;;9-4-;;;;;. The van der Waals surface area contributed by atoms with Crippen molar-refractivity contribution in [2.24, 2.45) is 35.2 Å². The van der Waals surface area contributed by atoms with E-state index in [9.17, 15) is 109 Å². The topological polar surface area (TPSA) is 605 Å². The van der Waals surface area contributed by atoms with Crippen LogP contribution in [0.5, 0.6) is 0 Å². The van der Waals surface area contributed by atoms with Crippen LogP contribution in [-0.4, -0.2) is 206 Å². The Hall–Kier alpha value is -16.8. The lowest BCUT2D eigenvalue weighted by atomic mass is 9.98. The van der Waals surface area contributed by atoms with Crippen molar-refractivity contribution in [1.82, 2.24) is 73.8 Å². The number of ketones is 3. The summed E-state index contributed by atoms with van der Waals surface area (Å²) in [5.74, 6) is -9.17. The minimum absolute atomic E-state index is 0.0576. The Morgan fingerprint density at radius 3 is 1.30 bits per heavy atom. The van der Waals surface area contributed by atoms with Crippen molar-refractivity contribution < 1.29 is 132 Å². The van der Waals surface area contributed by atoms with Crippen LogP contribution in [0.2, 0.25) is 0 Å². The number of aryl methyl sites for hydroxylation is 5. The molecule has 2 aliphatic rings. The number of nitro benzene ring substituents is 3. The molecule has 0 aliphatic carbocycles. The maximum Gasteiger partial charge on any atom is 0.412 e. The van der Waals surface area contributed by atoms with Gasteiger partial charge in [-0.25, -0.2) is 89.4 Å². The number of aliphatic hydroxyl groups is 2. The normalized spacial score (nSPS) is 11.3. The number of ether oxygens (including phenoxy) is 6. The second-order valence-electron chi connectivity index (χ2n) is 25.8. The zero-order valence-corrected chi connectivity index (χ0v) is 69.2. The van der Waals surface area contributed by atoms with Crippen molar-refractivity contribution in [1.29, 1.82) is 0 Å². The van der Waals surface area contributed by atoms with Gasteiger partial charge in [0.05, 0.1) is 124 Å². The average molecular weight is 1790 g/mol. The fourth-order valence-electron chi connectivity index (χ4n) is 10.6. The van der Waals surface area contributed by atoms with E-state index < -0.39 is 131 Å². The first-order chi connectivity index (χ1) is 60.5. The summed E-state index contributed by atoms with van der Waals surface area (Å²) >= 11 is 0. The van der Waals surface area contributed by atoms with Gasteiger partial charge in [0.25, 0.3) is 17.1 Å². The van der Waals surface area contributed by atoms with Crippen LogP contribution in [0.3, 0.4) is 0 Å². The molecule has 0 saturated heterocycles. The maximum absolute atomic E-state index is 14.1. The summed E-state index contributed by atoms with van der Waals surface area (Å²) in [6, 6.07) is 13.8. The predicted molar refractivity (Wildman–Crippen MR) is 425 cm³/mol. The Morgan fingerprint density at radius 1 is 0.500 bits per heavy atom. The lowest BCUT2D eigenvalue weighted by Gasteiger charge is -2.21. The maximum atomic E-state index is 14.1. The highest BCUT2D eigenvalue weighted by atomic mass is 19.1. The van der Waals surface area contributed by atoms with Crippen LogP contribution in [0.1, 0.15) is 159 Å². The number of nitrogen functional groups attached to an aromatic ring is 1. The number of aromatic nitrogens is 15. The zero-order chi connectivity index (χ0) is 95.9. The number of anilines is 2. The average Bonchev–Trinajstić information content (AvgIpc) is 1.63. The first kappa shape index (κ1) is 102. The van der Waals surface area contributed by atoms with Gasteiger partial charge in [0.2, 0.25) is 0 Å². The van der Waals surface area contributed by atoms with Crippen LogP contribution in [0.15, 0.2) is 117 Å². The highest BCUT2D eigenvalue weighted by Gasteiger charge is 2.37. The molecule has 128 heavy (non-hydrogen) atoms. The quantitative estimate of drug-likeness (QED) is 0.00878. The number of esters is 5. The number of nitrogens with zero attached hydrogens (tertiary/aromatic N) is 18. The van der Waals surface area contributed by atoms with Gasteiger partial charge >= 0.3 is 35.9 Å². The molecule has 0 radical (unpaired) electrons. The van der Waals surface area contributed by atoms with E-state index in [2.05, 4.69) is 74.7 Å². The molecular weight excluding hydrogens is 1720 g/mol. The van der Waals surface area contributed by atoms with E-state index in [-0.39, 0.29) is 99.2 Å². The Labute approximate surface area is 716 Å². The number of fused-ring (bicyclic) bond motifs is 2. The van der Waals surface area contributed by atoms with Crippen molar-refractivity contribution in [3.8, 4) is 0 Å². The van der Waals surface area contributed by atoms with Gasteiger partial charge in [-0.05, 0) is 87.5 Å². The highest BCUT2D eigenvalue weighted by molar-refractivity contribution is 6.13. The van der Waals surface area contributed by atoms with E-state index in [1.807, 2.05) is 0 Å². The summed E-state index contributed by atoms with van der Waals surface area (Å²) in [4.78, 5) is 177. The van der Waals surface area contributed by atoms with Gasteiger partial charge in [-0.2, -0.15) is 25.5 Å². The highest BCUT2D eigenvalue weighted by Crippen LogP contribution is 2.39. The number of halogens is 6. The van der Waals surface area contributed by atoms with Crippen molar-refractivity contribution in [2.75, 3.05) is 46.6 Å². The van der Waals surface area contributed by atoms with Gasteiger partial charge < -0.3 is 44.4 Å². The molecule has 5 aromatic heterocycles. The molecule has 0 bridgehead atoms. The number of Topliss-reactive ketones (excluding diaryl/α,β-unsaturated/α-hetero) is 3. The zero-order valence-electron chi connectivity index (χ0n) is 69.2. The number of cyclic esters (lactones) is 2. The Balaban J connectivity index is 0.000000270. The summed E-state index contributed by atoms with van der Waals surface area (Å²) in [7, 11) is 13.3. The molecule has 45 nitrogen and oxygen atoms in total. The first-order valence-corrected chi connectivity index (χ1v) is 35.6. The SMILES string of the molecule is CO.CO.COC(=O)c1cc(F)cc(N)c1C(=O)Cc1ncnn1C.COC(=O)c1cc(F)cc(NC(=O)OC(C)(C)C)c1C(=O)Cc1ncnn1C.COC(=O)c1cc(F)cc([N+](=O)[O-])c1C(=O)Cc1ncnn1C.Cn1ncnc1/C=C1\OC(=O)c2cc(F)cc([N+](=O)[O-])c21.Cn1ncnc1C=O.O=C1OCc2c1cc(F)cc2[N+](=O)[O-].O=Cc1ccc(F)cc1. The Bertz CT molecular complexity index is 6020. The number of aliphatic hydroxyl groups excluding tert-OH is 2. The molecule has 1 amide bonds. The van der Waals surface area contributed by atoms with Crippen LogP contribution in [0.25, 0.3) is 11.8 Å². The monoisotopic (exact) mass is 1790 g/mol. The van der Waals surface area contributed by atoms with E-state index in [0.717, 1.165) is 90.1 Å². The summed E-state index contributed by atoms with van der Waals surface area (Å²) in [5.41, 5.74) is 1.26. The number of methoxy groups -OCH3 is 3. The molecule has 11 aromatic rings. The molecule has 0 atom stereocenters. The molecule has 2 aliphatic heterocycles. The fraction of sp³-hybridized carbons (Fsp3) is 0.234. The van der Waals surface area contributed by atoms with E-state index >= 15 is 0 Å². The van der Waals surface area contributed by atoms with Gasteiger partial charge in [-0.1, -0.05) is 0 Å². The Morgan fingerprint density at radius 2 is 0.891 bits per heavy atom. The van der Waals surface area contributed by atoms with Crippen molar-refractivity contribution in [3.63, 3.8) is 0 Å². The number of hydrogen-bond acceptors (Lipinski definition) is 36. The third-order valence-corrected chi connectivity index (χ3v) is 16.3. The van der Waals surface area contributed by atoms with Gasteiger partial charge in [0.15, 0.2) is 35.3 Å². The van der Waals surface area contributed by atoms with Gasteiger partial charge in [0.1, 0.15) is 119 Å². The number of nitrogens with one attached hydrogen (secondary N) is 1. The number of carbonyl (C=O) groups excluding carboxylic acids is 11. The van der Waals surface area contributed by atoms with Crippen molar-refractivity contribution in [3.05, 3.63) is 272 Å². The van der Waals surface area contributed by atoms with Crippen LogP contribution < -0.4 is 11.1 Å². The third-order valence-electron chi connectivity index (χ3n) is 16.3. The van der Waals surface area contributed by atoms with Crippen molar-refractivity contribution in [2.45, 2.75) is 52.2 Å². The van der Waals surface area contributed by atoms with E-state index in [0.29, 0.717) is 47.5 Å². The molecule has 51 heteroatoms. The number of nitrogens with two attached hydrogens (primary N) is 1. The number of rotatable bonds is 19. The minimum Gasteiger partial charge on any atom is -0.465 e. The molecule has 7 heterocycles. The molecule has 674 valence electrons.